The highest BCUT2D eigenvalue weighted by Gasteiger charge is 1.95. The first-order valence-corrected chi connectivity index (χ1v) is 8.07. The molecule has 1 fully saturated rings. The number of nitrogens with zero attached hydrogens (tertiary/aromatic N) is 2. The van der Waals surface area contributed by atoms with E-state index in [0.29, 0.717) is 0 Å². The van der Waals surface area contributed by atoms with Gasteiger partial charge < -0.3 is 10.6 Å². The Kier molecular flexibility index (Phi) is 23.7. The number of nitrogens with one attached hydrogen (secondary N) is 2. The number of hydrogen-bond acceptors (Lipinski definition) is 4. The van der Waals surface area contributed by atoms with Crippen molar-refractivity contribution in [2.24, 2.45) is 0 Å². The van der Waals surface area contributed by atoms with Crippen molar-refractivity contribution in [3.8, 4) is 12.4 Å². The van der Waals surface area contributed by atoms with Crippen LogP contribution in [-0.4, -0.2) is 13.1 Å². The van der Waals surface area contributed by atoms with Gasteiger partial charge in [0.1, 0.15) is 0 Å². The summed E-state index contributed by atoms with van der Waals surface area (Å²) in [6.07, 6.45) is 17.2. The average molecular weight is 280 g/mol. The van der Waals surface area contributed by atoms with Crippen LogP contribution in [0, 0.1) is 22.9 Å². The minimum Gasteiger partial charge on any atom is -0.324 e. The second-order valence-electron chi connectivity index (χ2n) is 4.91. The van der Waals surface area contributed by atoms with Gasteiger partial charge in [-0.2, -0.15) is 10.5 Å². The fourth-order valence-electron chi connectivity index (χ4n) is 1.70. The van der Waals surface area contributed by atoms with Gasteiger partial charge in [-0.3, -0.25) is 0 Å². The summed E-state index contributed by atoms with van der Waals surface area (Å²) in [7, 11) is 0. The number of nitriles is 2. The largest absolute Gasteiger partial charge is 0.324 e. The highest BCUT2D eigenvalue weighted by atomic mass is 14.8. The molecule has 1 aliphatic carbocycles. The van der Waals surface area contributed by atoms with Gasteiger partial charge in [0.05, 0.1) is 0 Å². The molecule has 0 radical (unpaired) electrons. The van der Waals surface area contributed by atoms with Gasteiger partial charge in [-0.05, 0) is 12.8 Å². The molecule has 0 aliphatic heterocycles. The van der Waals surface area contributed by atoms with Crippen LogP contribution in [0.25, 0.3) is 0 Å². The fourth-order valence-corrected chi connectivity index (χ4v) is 1.70. The first-order valence-electron chi connectivity index (χ1n) is 8.07. The summed E-state index contributed by atoms with van der Waals surface area (Å²) in [5, 5.41) is 21.0. The van der Waals surface area contributed by atoms with E-state index in [0.717, 1.165) is 38.8 Å². The Hall–Kier alpha value is -1.42. The summed E-state index contributed by atoms with van der Waals surface area (Å²) in [4.78, 5) is 0. The maximum absolute atomic E-state index is 7.93. The molecule has 0 heterocycles. The highest BCUT2D eigenvalue weighted by Crippen LogP contribution is 2.15. The van der Waals surface area contributed by atoms with Gasteiger partial charge in [0.2, 0.25) is 0 Å². The second kappa shape index (κ2) is 22.7. The molecule has 116 valence electrons. The lowest BCUT2D eigenvalue weighted by molar-refractivity contribution is 0.504. The maximum Gasteiger partial charge on any atom is 0.176 e. The minimum atomic E-state index is 0.826. The number of hydrogen-bond donors (Lipinski definition) is 2. The molecule has 0 atom stereocenters. The lowest BCUT2D eigenvalue weighted by Crippen LogP contribution is -2.05. The van der Waals surface area contributed by atoms with Crippen molar-refractivity contribution in [2.45, 2.75) is 78.1 Å². The molecule has 1 saturated carbocycles. The van der Waals surface area contributed by atoms with Crippen molar-refractivity contribution in [3.63, 3.8) is 0 Å². The van der Waals surface area contributed by atoms with Crippen molar-refractivity contribution < 1.29 is 0 Å². The van der Waals surface area contributed by atoms with E-state index in [1.54, 1.807) is 0 Å². The second-order valence-corrected chi connectivity index (χ2v) is 4.91. The van der Waals surface area contributed by atoms with Crippen LogP contribution in [-0.2, 0) is 0 Å². The number of rotatable bonds is 6. The first kappa shape index (κ1) is 20.9. The van der Waals surface area contributed by atoms with E-state index >= 15 is 0 Å². The van der Waals surface area contributed by atoms with E-state index in [2.05, 4.69) is 24.5 Å². The standard InChI is InChI=1S/C6H12.2C5H10N2/c1-2-4-6-5-3-1;2*1-2-3-4-7-5-6/h1-6H2;2*7H,2-4H2,1H3. The highest BCUT2D eigenvalue weighted by molar-refractivity contribution is 4.63. The Morgan fingerprint density at radius 2 is 1.00 bits per heavy atom. The van der Waals surface area contributed by atoms with Crippen molar-refractivity contribution in [2.75, 3.05) is 13.1 Å². The molecule has 0 spiro atoms. The molecule has 0 unspecified atom stereocenters. The molecule has 1 aliphatic rings. The van der Waals surface area contributed by atoms with Crippen LogP contribution in [0.4, 0.5) is 0 Å². The summed E-state index contributed by atoms with van der Waals surface area (Å²) in [6.45, 7) is 5.85. The van der Waals surface area contributed by atoms with Crippen LogP contribution in [0.15, 0.2) is 0 Å². The smallest absolute Gasteiger partial charge is 0.176 e. The fraction of sp³-hybridized carbons (Fsp3) is 0.875. The Morgan fingerprint density at radius 1 is 0.700 bits per heavy atom. The van der Waals surface area contributed by atoms with Gasteiger partial charge >= 0.3 is 0 Å². The van der Waals surface area contributed by atoms with Crippen LogP contribution >= 0.6 is 0 Å². The quantitative estimate of drug-likeness (QED) is 0.437. The van der Waals surface area contributed by atoms with E-state index in [-0.39, 0.29) is 0 Å². The minimum absolute atomic E-state index is 0.826. The van der Waals surface area contributed by atoms with E-state index in [1.807, 2.05) is 12.4 Å². The van der Waals surface area contributed by atoms with Crippen LogP contribution in [0.1, 0.15) is 78.1 Å². The third-order valence-electron chi connectivity index (χ3n) is 2.97. The molecular weight excluding hydrogens is 248 g/mol. The molecule has 0 bridgehead atoms. The van der Waals surface area contributed by atoms with E-state index in [4.69, 9.17) is 10.5 Å². The van der Waals surface area contributed by atoms with Crippen molar-refractivity contribution >= 4 is 0 Å². The molecule has 0 saturated heterocycles. The maximum atomic E-state index is 7.93. The zero-order valence-electron chi connectivity index (χ0n) is 13.4. The van der Waals surface area contributed by atoms with E-state index in [9.17, 15) is 0 Å². The first-order chi connectivity index (χ1) is 9.83. The third-order valence-corrected chi connectivity index (χ3v) is 2.97. The van der Waals surface area contributed by atoms with Crippen LogP contribution in [0.3, 0.4) is 0 Å². The predicted octanol–water partition coefficient (Wildman–Crippen LogP) is 4.05. The summed E-state index contributed by atoms with van der Waals surface area (Å²) in [5.74, 6) is 0. The predicted molar refractivity (Wildman–Crippen MR) is 84.7 cm³/mol. The summed E-state index contributed by atoms with van der Waals surface area (Å²) in [6, 6.07) is 0. The Balaban J connectivity index is 0. The molecule has 1 rings (SSSR count). The molecule has 20 heavy (non-hydrogen) atoms. The van der Waals surface area contributed by atoms with Gasteiger partial charge in [-0.1, -0.05) is 65.2 Å². The lowest BCUT2D eigenvalue weighted by atomic mass is 10.0. The zero-order chi connectivity index (χ0) is 15.3. The van der Waals surface area contributed by atoms with Crippen LogP contribution in [0.5, 0.6) is 0 Å². The normalized spacial score (nSPS) is 12.4. The zero-order valence-corrected chi connectivity index (χ0v) is 13.4. The number of unbranched alkanes of at least 4 members (excludes halogenated alkanes) is 2. The Morgan fingerprint density at radius 3 is 1.20 bits per heavy atom. The van der Waals surface area contributed by atoms with E-state index in [1.165, 1.54) is 38.5 Å². The molecule has 4 nitrogen and oxygen atoms in total. The molecule has 2 N–H and O–H groups in total. The van der Waals surface area contributed by atoms with Gasteiger partial charge in [0.25, 0.3) is 0 Å². The lowest BCUT2D eigenvalue weighted by Gasteiger charge is -2.05. The summed E-state index contributed by atoms with van der Waals surface area (Å²) < 4.78 is 0. The topological polar surface area (TPSA) is 71.6 Å². The van der Waals surface area contributed by atoms with Gasteiger partial charge in [0, 0.05) is 13.1 Å². The molecule has 0 aromatic carbocycles. The SMILES string of the molecule is C1CCCCC1.CCCCNC#N.CCCCNC#N. The van der Waals surface area contributed by atoms with Crippen molar-refractivity contribution in [1.29, 1.82) is 10.5 Å². The Bertz CT molecular complexity index is 204. The van der Waals surface area contributed by atoms with Crippen LogP contribution < -0.4 is 10.6 Å². The van der Waals surface area contributed by atoms with Gasteiger partial charge in [-0.25, -0.2) is 0 Å². The molecular formula is C16H32N4. The van der Waals surface area contributed by atoms with E-state index < -0.39 is 0 Å². The third kappa shape index (κ3) is 25.4. The summed E-state index contributed by atoms with van der Waals surface area (Å²) >= 11 is 0. The van der Waals surface area contributed by atoms with Gasteiger partial charge in [-0.15, -0.1) is 0 Å². The van der Waals surface area contributed by atoms with Crippen molar-refractivity contribution in [3.05, 3.63) is 0 Å². The van der Waals surface area contributed by atoms with Crippen molar-refractivity contribution in [1.82, 2.24) is 10.6 Å². The molecule has 0 aromatic heterocycles. The van der Waals surface area contributed by atoms with Gasteiger partial charge in [0.15, 0.2) is 12.4 Å². The average Bonchev–Trinajstić information content (AvgIpc) is 2.51. The monoisotopic (exact) mass is 280 g/mol. The Labute approximate surface area is 125 Å². The molecule has 4 heteroatoms. The molecule has 0 aromatic rings. The summed E-state index contributed by atoms with van der Waals surface area (Å²) in [5.41, 5.74) is 0. The van der Waals surface area contributed by atoms with Crippen LogP contribution in [0.2, 0.25) is 0 Å². The molecule has 0 amide bonds.